The van der Waals surface area contributed by atoms with Crippen LogP contribution in [-0.2, 0) is 29.4 Å². The van der Waals surface area contributed by atoms with Crippen molar-refractivity contribution < 1.29 is 26.4 Å². The molecule has 25 heavy (non-hydrogen) atoms. The van der Waals surface area contributed by atoms with Crippen molar-refractivity contribution in [2.24, 2.45) is 0 Å². The number of rotatable bonds is 7. The second-order valence-electron chi connectivity index (χ2n) is 6.61. The highest BCUT2D eigenvalue weighted by Crippen LogP contribution is 2.17. The lowest BCUT2D eigenvalue weighted by molar-refractivity contribution is -0.131. The first-order chi connectivity index (χ1) is 11.6. The van der Waals surface area contributed by atoms with Gasteiger partial charge in [0.25, 0.3) is 0 Å². The molecule has 0 aromatic heterocycles. The first kappa shape index (κ1) is 20.6. The van der Waals surface area contributed by atoms with E-state index in [9.17, 15) is 21.6 Å². The van der Waals surface area contributed by atoms with Crippen molar-refractivity contribution in [2.75, 3.05) is 70.7 Å². The summed E-state index contributed by atoms with van der Waals surface area (Å²) in [7, 11) is -5.09. The fourth-order valence-electron chi connectivity index (χ4n) is 2.99. The number of sulfonamides is 1. The molecule has 0 aromatic rings. The molecule has 0 N–H and O–H groups in total. The number of hydrogen-bond donors (Lipinski definition) is 0. The standard InChI is InChI=1S/C14H27N3O6S2/c1-15(13-3-10-25(21,22)12-13)14(18)11-17(24(2,19)20)5-4-16-6-8-23-9-7-16/h13H,3-12H2,1-2H3. The molecule has 1 amide bonds. The highest BCUT2D eigenvalue weighted by molar-refractivity contribution is 7.91. The van der Waals surface area contributed by atoms with E-state index in [1.54, 1.807) is 0 Å². The van der Waals surface area contributed by atoms with Crippen LogP contribution >= 0.6 is 0 Å². The third kappa shape index (κ3) is 6.17. The molecule has 1 unspecified atom stereocenters. The van der Waals surface area contributed by atoms with Gasteiger partial charge < -0.3 is 9.64 Å². The van der Waals surface area contributed by atoms with E-state index < -0.39 is 19.9 Å². The number of morpholine rings is 1. The van der Waals surface area contributed by atoms with Crippen LogP contribution in [0.5, 0.6) is 0 Å². The summed E-state index contributed by atoms with van der Waals surface area (Å²) in [5.41, 5.74) is 0. The van der Waals surface area contributed by atoms with Crippen LogP contribution in [0, 0.1) is 0 Å². The lowest BCUT2D eigenvalue weighted by Crippen LogP contribution is -2.48. The molecule has 2 saturated heterocycles. The van der Waals surface area contributed by atoms with Crippen LogP contribution in [-0.4, -0.2) is 114 Å². The molecule has 0 saturated carbocycles. The minimum atomic E-state index is -3.53. The lowest BCUT2D eigenvalue weighted by Gasteiger charge is -2.30. The number of hydrogen-bond acceptors (Lipinski definition) is 7. The van der Waals surface area contributed by atoms with E-state index in [2.05, 4.69) is 4.90 Å². The monoisotopic (exact) mass is 397 g/mol. The summed E-state index contributed by atoms with van der Waals surface area (Å²) in [6.45, 7) is 3.22. The highest BCUT2D eigenvalue weighted by Gasteiger charge is 2.34. The Morgan fingerprint density at radius 1 is 1.28 bits per heavy atom. The van der Waals surface area contributed by atoms with Gasteiger partial charge in [-0.2, -0.15) is 4.31 Å². The molecule has 11 heteroatoms. The second-order valence-corrected chi connectivity index (χ2v) is 10.8. The van der Waals surface area contributed by atoms with Crippen molar-refractivity contribution in [2.45, 2.75) is 12.5 Å². The first-order valence-electron chi connectivity index (χ1n) is 8.30. The van der Waals surface area contributed by atoms with Gasteiger partial charge >= 0.3 is 0 Å². The summed E-state index contributed by atoms with van der Waals surface area (Å²) in [6, 6.07) is -0.377. The predicted octanol–water partition coefficient (Wildman–Crippen LogP) is -1.77. The third-order valence-corrected chi connectivity index (χ3v) is 7.70. The Hall–Kier alpha value is -0.750. The Labute approximate surface area is 149 Å². The van der Waals surface area contributed by atoms with Gasteiger partial charge in [0.05, 0.1) is 37.5 Å². The first-order valence-corrected chi connectivity index (χ1v) is 12.0. The van der Waals surface area contributed by atoms with Crippen molar-refractivity contribution in [1.82, 2.24) is 14.1 Å². The summed E-state index contributed by atoms with van der Waals surface area (Å²) < 4.78 is 53.6. The van der Waals surface area contributed by atoms with Crippen molar-refractivity contribution in [3.8, 4) is 0 Å². The average Bonchev–Trinajstić information content (AvgIpc) is 2.90. The Balaban J connectivity index is 1.93. The van der Waals surface area contributed by atoms with Gasteiger partial charge in [0.2, 0.25) is 15.9 Å². The molecular formula is C14H27N3O6S2. The van der Waals surface area contributed by atoms with Gasteiger partial charge in [-0.3, -0.25) is 9.69 Å². The van der Waals surface area contributed by atoms with Gasteiger partial charge in [-0.15, -0.1) is 0 Å². The molecule has 1 atom stereocenters. The zero-order valence-corrected chi connectivity index (χ0v) is 16.4. The summed E-state index contributed by atoms with van der Waals surface area (Å²) in [5.74, 6) is -0.362. The zero-order chi connectivity index (χ0) is 18.7. The molecule has 2 aliphatic rings. The Morgan fingerprint density at radius 3 is 2.44 bits per heavy atom. The van der Waals surface area contributed by atoms with E-state index in [1.165, 1.54) is 11.9 Å². The van der Waals surface area contributed by atoms with E-state index in [4.69, 9.17) is 4.74 Å². The van der Waals surface area contributed by atoms with Gasteiger partial charge in [0, 0.05) is 39.3 Å². The van der Waals surface area contributed by atoms with E-state index in [0.29, 0.717) is 26.2 Å². The molecule has 0 aromatic carbocycles. The number of nitrogens with zero attached hydrogens (tertiary/aromatic N) is 3. The summed E-state index contributed by atoms with van der Waals surface area (Å²) >= 11 is 0. The smallest absolute Gasteiger partial charge is 0.237 e. The molecule has 0 spiro atoms. The van der Waals surface area contributed by atoms with E-state index >= 15 is 0 Å². The van der Waals surface area contributed by atoms with E-state index in [-0.39, 0.29) is 36.5 Å². The van der Waals surface area contributed by atoms with Crippen LogP contribution in [0.1, 0.15) is 6.42 Å². The molecule has 2 aliphatic heterocycles. The average molecular weight is 398 g/mol. The minimum Gasteiger partial charge on any atom is -0.379 e. The zero-order valence-electron chi connectivity index (χ0n) is 14.8. The molecule has 0 radical (unpaired) electrons. The molecule has 2 fully saturated rings. The van der Waals surface area contributed by atoms with E-state index in [0.717, 1.165) is 23.7 Å². The van der Waals surface area contributed by atoms with Crippen LogP contribution in [0.25, 0.3) is 0 Å². The van der Waals surface area contributed by atoms with Crippen molar-refractivity contribution >= 4 is 25.8 Å². The van der Waals surface area contributed by atoms with Crippen LogP contribution in [0.4, 0.5) is 0 Å². The largest absolute Gasteiger partial charge is 0.379 e. The number of ether oxygens (including phenoxy) is 1. The summed E-state index contributed by atoms with van der Waals surface area (Å²) in [5, 5.41) is 0. The molecular weight excluding hydrogens is 370 g/mol. The van der Waals surface area contributed by atoms with Crippen LogP contribution < -0.4 is 0 Å². The van der Waals surface area contributed by atoms with Gasteiger partial charge in [-0.1, -0.05) is 0 Å². The van der Waals surface area contributed by atoms with Gasteiger partial charge in [-0.05, 0) is 6.42 Å². The SMILES string of the molecule is CN(C(=O)CN(CCN1CCOCC1)S(C)(=O)=O)C1CCS(=O)(=O)C1. The third-order valence-electron chi connectivity index (χ3n) is 4.70. The normalized spacial score (nSPS) is 24.5. The predicted molar refractivity (Wildman–Crippen MR) is 93.5 cm³/mol. The minimum absolute atomic E-state index is 0.0537. The summed E-state index contributed by atoms with van der Waals surface area (Å²) in [4.78, 5) is 15.9. The van der Waals surface area contributed by atoms with Crippen LogP contribution in [0.15, 0.2) is 0 Å². The van der Waals surface area contributed by atoms with Crippen LogP contribution in [0.3, 0.4) is 0 Å². The van der Waals surface area contributed by atoms with Gasteiger partial charge in [0.15, 0.2) is 9.84 Å². The maximum Gasteiger partial charge on any atom is 0.237 e. The fraction of sp³-hybridized carbons (Fsp3) is 0.929. The number of amides is 1. The highest BCUT2D eigenvalue weighted by atomic mass is 32.2. The number of carbonyl (C=O) groups is 1. The fourth-order valence-corrected chi connectivity index (χ4v) is 5.52. The molecule has 9 nitrogen and oxygen atoms in total. The van der Waals surface area contributed by atoms with Crippen molar-refractivity contribution in [3.05, 3.63) is 0 Å². The maximum atomic E-state index is 12.4. The molecule has 2 rings (SSSR count). The summed E-state index contributed by atoms with van der Waals surface area (Å²) in [6.07, 6.45) is 1.48. The maximum absolute atomic E-state index is 12.4. The number of sulfone groups is 1. The number of carbonyl (C=O) groups excluding carboxylic acids is 1. The van der Waals surface area contributed by atoms with Crippen molar-refractivity contribution in [3.63, 3.8) is 0 Å². The van der Waals surface area contributed by atoms with Gasteiger partial charge in [0.1, 0.15) is 0 Å². The van der Waals surface area contributed by atoms with Gasteiger partial charge in [-0.25, -0.2) is 16.8 Å². The molecule has 2 heterocycles. The van der Waals surface area contributed by atoms with Crippen LogP contribution in [0.2, 0.25) is 0 Å². The number of likely N-dealkylation sites (N-methyl/N-ethyl adjacent to an activating group) is 1. The Kier molecular flexibility index (Phi) is 6.82. The molecule has 0 aliphatic carbocycles. The van der Waals surface area contributed by atoms with Crippen molar-refractivity contribution in [1.29, 1.82) is 0 Å². The molecule has 146 valence electrons. The molecule has 0 bridgehead atoms. The van der Waals surface area contributed by atoms with E-state index in [1.807, 2.05) is 0 Å². The Bertz CT molecular complexity index is 673. The Morgan fingerprint density at radius 2 is 1.92 bits per heavy atom. The second kappa shape index (κ2) is 8.30. The topological polar surface area (TPSA) is 104 Å². The quantitative estimate of drug-likeness (QED) is 0.500. The lowest BCUT2D eigenvalue weighted by atomic mass is 10.2.